The number of aromatic amines is 1. The summed E-state index contributed by atoms with van der Waals surface area (Å²) in [5, 5.41) is 25.2. The van der Waals surface area contributed by atoms with Crippen LogP contribution >= 0.6 is 50.5 Å². The van der Waals surface area contributed by atoms with Crippen molar-refractivity contribution in [3.63, 3.8) is 0 Å². The molecule has 3 heterocycles. The van der Waals surface area contributed by atoms with Gasteiger partial charge in [0.05, 0.1) is 36.5 Å². The van der Waals surface area contributed by atoms with Crippen molar-refractivity contribution in [1.29, 1.82) is 0 Å². The maximum atomic E-state index is 12.4. The summed E-state index contributed by atoms with van der Waals surface area (Å²) in [6, 6.07) is 51.9. The second-order valence-electron chi connectivity index (χ2n) is 25.2. The van der Waals surface area contributed by atoms with Crippen LogP contribution in [0.5, 0.6) is 0 Å². The molecule has 7 aliphatic rings. The molecule has 25 heteroatoms. The first-order chi connectivity index (χ1) is 48.8. The van der Waals surface area contributed by atoms with Crippen molar-refractivity contribution in [1.82, 2.24) is 25.8 Å². The van der Waals surface area contributed by atoms with E-state index in [2.05, 4.69) is 137 Å². The molecule has 19 nitrogen and oxygen atoms in total. The Kier molecular flexibility index (Phi) is 35.3. The van der Waals surface area contributed by atoms with Gasteiger partial charge < -0.3 is 15.3 Å². The van der Waals surface area contributed by atoms with E-state index in [4.69, 9.17) is 21.4 Å². The minimum atomic E-state index is -3.22. The predicted molar refractivity (Wildman–Crippen MR) is 409 cm³/mol. The van der Waals surface area contributed by atoms with Crippen molar-refractivity contribution >= 4 is 91.4 Å². The molecule has 104 heavy (non-hydrogen) atoms. The maximum absolute atomic E-state index is 12.4. The molecule has 0 bridgehead atoms. The number of carbonyl (C=O) groups is 6. The Hall–Kier alpha value is -9.36. The zero-order valence-electron chi connectivity index (χ0n) is 57.7. The van der Waals surface area contributed by atoms with E-state index in [0.29, 0.717) is 41.9 Å². The average molecular weight is 1770 g/mol. The fraction of sp³-hybridized carbons (Fsp3) is 0.354. The van der Waals surface area contributed by atoms with E-state index >= 15 is 0 Å². The van der Waals surface area contributed by atoms with E-state index in [0.717, 1.165) is 166 Å². The number of aryl methyl sites for hydroxylation is 8. The van der Waals surface area contributed by atoms with Gasteiger partial charge in [-0.25, -0.2) is 10.5 Å². The van der Waals surface area contributed by atoms with Gasteiger partial charge in [0.25, 0.3) is 5.56 Å². The summed E-state index contributed by atoms with van der Waals surface area (Å²) in [6.07, 6.45) is 19.5. The number of aliphatic carboxylic acids is 1. The van der Waals surface area contributed by atoms with Crippen LogP contribution in [0.2, 0.25) is 5.15 Å². The van der Waals surface area contributed by atoms with Crippen molar-refractivity contribution in [2.24, 2.45) is 34.5 Å². The van der Waals surface area contributed by atoms with Crippen LogP contribution in [-0.4, -0.2) is 78.5 Å². The smallest absolute Gasteiger partial charge is 0.339 e. The number of hydrazone groups is 1. The van der Waals surface area contributed by atoms with Crippen molar-refractivity contribution in [3.8, 4) is 22.5 Å². The van der Waals surface area contributed by atoms with Crippen LogP contribution in [0, 0.1) is 17.8 Å². The van der Waals surface area contributed by atoms with E-state index in [-0.39, 0.29) is 66.6 Å². The van der Waals surface area contributed by atoms with Crippen LogP contribution in [0.4, 0.5) is 0 Å². The molecule has 6 aromatic carbocycles. The number of aromatic nitrogens is 4. The Morgan fingerprint density at radius 1 is 0.529 bits per heavy atom. The Labute approximate surface area is 621 Å². The molecule has 0 fully saturated rings. The number of rotatable bonds is 5. The van der Waals surface area contributed by atoms with Gasteiger partial charge in [0.15, 0.2) is 22.5 Å². The minimum Gasteiger partial charge on any atom is -0.481 e. The molecule has 0 radical (unpaired) electrons. The number of nitrogens with two attached hydrogens (primary N) is 2. The van der Waals surface area contributed by atoms with Gasteiger partial charge >= 0.3 is 17.1 Å². The van der Waals surface area contributed by atoms with Crippen LogP contribution < -0.4 is 22.7 Å². The average Bonchev–Trinajstić information content (AvgIpc) is 1.53. The molecule has 0 spiro atoms. The van der Waals surface area contributed by atoms with Crippen molar-refractivity contribution in [3.05, 3.63) is 240 Å². The number of H-pyrrole nitrogens is 1. The Morgan fingerprint density at radius 3 is 1.44 bits per heavy atom. The van der Waals surface area contributed by atoms with Crippen LogP contribution in [0.15, 0.2) is 168 Å². The number of carboxylic acids is 1. The Morgan fingerprint density at radius 2 is 0.923 bits per heavy atom. The molecular formula is C79H91Cl4DbN8O11P. The summed E-state index contributed by atoms with van der Waals surface area (Å²) in [7, 11) is 0. The topological polar surface area (TPSA) is 328 Å². The summed E-state index contributed by atoms with van der Waals surface area (Å²) in [5.74, 6) is 7.06. The number of nitrogens with zero attached hydrogens (tertiary/aromatic N) is 4. The fourth-order valence-corrected chi connectivity index (χ4v) is 13.9. The summed E-state index contributed by atoms with van der Waals surface area (Å²) in [6.45, 7) is 2.15. The van der Waals surface area contributed by atoms with Crippen molar-refractivity contribution in [2.45, 2.75) is 156 Å². The molecule has 1 aliphatic heterocycles. The number of hydrazine groups is 1. The number of carboxylic acid groups (broad SMARTS) is 1. The molecule has 9 N–H and O–H groups in total. The van der Waals surface area contributed by atoms with Crippen LogP contribution in [0.1, 0.15) is 185 Å². The van der Waals surface area contributed by atoms with Crippen LogP contribution in [-0.2, 0) is 75.1 Å². The zero-order valence-corrected chi connectivity index (χ0v) is 68.1. The predicted octanol–water partition coefficient (Wildman–Crippen LogP) is 16.2. The van der Waals surface area contributed by atoms with Crippen LogP contribution in [0.25, 0.3) is 22.5 Å². The first-order valence-electron chi connectivity index (χ1n) is 34.3. The second-order valence-corrected chi connectivity index (χ2v) is 32.2. The number of nitrogens with one attached hydrogen (secondary N) is 2. The second kappa shape index (κ2) is 43.0. The number of benzene rings is 6. The molecule has 1 amide bonds. The molecule has 8 aromatic rings. The number of hydrogen-bond acceptors (Lipinski definition) is 15. The number of carbonyl (C=O) groups excluding carboxylic acids is 5. The number of fused-ring (bicyclic) bond motifs is 12. The molecular weight excluding hydrogens is 1680 g/mol. The van der Waals surface area contributed by atoms with Crippen molar-refractivity contribution < 1.29 is 48.7 Å². The SMILES string of the molecule is C.CCOC(=O)CC1CCCc2ccccc2C1=O.Clc1cc2c(nn1)-c1ccccc1CCC2.NN.O.O=C(O)CC1CCCc2ccccc2C1=O.O=C1CC2CCCc3ccccc3C2=NN1.O=C1CCCCc2ccccc21.O=P(Cl)(Cl)Cl.O=c1cc2c(n[nH]1)-c1ccccc1CCC2.[Db]. The number of ether oxygens (including phenoxy) is 1. The largest absolute Gasteiger partial charge is 0.481 e. The summed E-state index contributed by atoms with van der Waals surface area (Å²) in [4.78, 5) is 80.7. The van der Waals surface area contributed by atoms with E-state index in [1.54, 1.807) is 19.1 Å². The van der Waals surface area contributed by atoms with Gasteiger partial charge in [-0.2, -0.15) is 10.2 Å². The minimum absolute atomic E-state index is 0. The van der Waals surface area contributed by atoms with E-state index in [9.17, 15) is 38.1 Å². The van der Waals surface area contributed by atoms with Gasteiger partial charge in [0.1, 0.15) is 0 Å². The first-order valence-corrected chi connectivity index (χ1v) is 39.1. The molecule has 3 atom stereocenters. The van der Waals surface area contributed by atoms with E-state index in [1.807, 2.05) is 84.9 Å². The van der Waals surface area contributed by atoms with Gasteiger partial charge in [-0.05, 0) is 207 Å². The van der Waals surface area contributed by atoms with Crippen molar-refractivity contribution in [2.75, 3.05) is 6.61 Å². The number of Topliss-reactive ketones (excluding diaryl/α,β-unsaturated/α-hetero) is 3. The summed E-state index contributed by atoms with van der Waals surface area (Å²) < 4.78 is 14.4. The third-order valence-electron chi connectivity index (χ3n) is 18.3. The number of amides is 1. The number of hydrogen-bond donors (Lipinski definition) is 5. The van der Waals surface area contributed by atoms with Gasteiger partial charge in [-0.3, -0.25) is 49.8 Å². The maximum Gasteiger partial charge on any atom is 0.339 e. The van der Waals surface area contributed by atoms with Gasteiger partial charge in [-0.15, -0.1) is 10.2 Å². The van der Waals surface area contributed by atoms with E-state index < -0.39 is 11.2 Å². The quantitative estimate of drug-likeness (QED) is 0.0351. The third kappa shape index (κ3) is 25.2. The molecule has 6 aliphatic carbocycles. The standard InChI is InChI=1S/C15H18O3.C13H11ClN2.C13H14N2O.C13H12N2O.C13H14O3.C11H12O.CH4.Cl3OP.Db.H4N2.H2O/c1-2-18-14(16)10-12-8-5-7-11-6-3-4-9-13(11)15(12)17;14-12-8-10-6-3-5-9-4-1-2-7-11(9)13(10)16-15-12;2*16-12-8-10-6-3-5-9-4-1-2-7-11(9)13(10)15-14-12;14-12(15)8-10-6-3-5-9-4-1-2-7-11(9)13(10)16;12-11-8-4-2-6-9-5-1-3-7-10(9)11;;1-5(2,3)4;;1-2;/h3-4,6,9,12H,2,5,7-8,10H2,1H3;1-2,4,7-8H,3,5-6H2;1-2,4,7,10H,3,5-6,8H2,(H,14,16);1-2,4,7-8H,3,5-6H2,(H,14,16);1-2,4,7,10H,3,5-6,8H2,(H,14,15);1,3,5,7H,2,4,6,8H2;1H4;;;1-2H2;1H2. The summed E-state index contributed by atoms with van der Waals surface area (Å²) in [5.41, 5.74) is 21.3. The zero-order chi connectivity index (χ0) is 72.3. The molecule has 3 unspecified atom stereocenters. The van der Waals surface area contributed by atoms with Gasteiger partial charge in [0.2, 0.25) is 5.91 Å². The molecule has 548 valence electrons. The third-order valence-corrected chi connectivity index (χ3v) is 18.5. The molecule has 2 aromatic heterocycles. The van der Waals surface area contributed by atoms with E-state index in [1.165, 1.54) is 38.9 Å². The van der Waals surface area contributed by atoms with Crippen LogP contribution in [0.3, 0.4) is 0 Å². The molecule has 15 rings (SSSR count). The Balaban J connectivity index is 0.000000219. The molecule has 0 saturated heterocycles. The first kappa shape index (κ1) is 85.3. The number of ketones is 3. The summed E-state index contributed by atoms with van der Waals surface area (Å²) >= 11 is 19.7. The monoisotopic (exact) mass is 1770 g/mol. The normalized spacial score (nSPS) is 16.8. The number of halogens is 4. The fourth-order valence-electron chi connectivity index (χ4n) is 13.7. The molecule has 0 saturated carbocycles. The van der Waals surface area contributed by atoms with Gasteiger partial charge in [0, 0.05) is 70.0 Å². The number of esters is 1. The van der Waals surface area contributed by atoms with Gasteiger partial charge in [-0.1, -0.05) is 165 Å². The Bertz CT molecular complexity index is 4340.